The quantitative estimate of drug-likeness (QED) is 0.415. The Bertz CT molecular complexity index is 500. The summed E-state index contributed by atoms with van der Waals surface area (Å²) in [6.45, 7) is 2.22. The topological polar surface area (TPSA) is 0 Å². The lowest BCUT2D eigenvalue weighted by Crippen LogP contribution is -2.13. The van der Waals surface area contributed by atoms with Gasteiger partial charge in [-0.25, -0.2) is 13.2 Å². The van der Waals surface area contributed by atoms with Crippen LogP contribution in [0, 0.1) is 29.3 Å². The third-order valence-electron chi connectivity index (χ3n) is 4.69. The molecule has 0 saturated heterocycles. The first-order chi connectivity index (χ1) is 10.6. The Morgan fingerprint density at radius 1 is 0.955 bits per heavy atom. The van der Waals surface area contributed by atoms with Crippen LogP contribution in [-0.4, -0.2) is 0 Å². The van der Waals surface area contributed by atoms with Gasteiger partial charge in [-0.05, 0) is 43.6 Å². The second kappa shape index (κ2) is 8.40. The highest BCUT2D eigenvalue weighted by Gasteiger charge is 2.19. The van der Waals surface area contributed by atoms with Crippen LogP contribution < -0.4 is 0 Å². The van der Waals surface area contributed by atoms with Crippen LogP contribution >= 0.6 is 0 Å². The molecule has 1 aliphatic carbocycles. The van der Waals surface area contributed by atoms with Crippen molar-refractivity contribution in [2.75, 3.05) is 0 Å². The molecule has 0 radical (unpaired) electrons. The van der Waals surface area contributed by atoms with Gasteiger partial charge in [-0.1, -0.05) is 44.8 Å². The molecule has 0 aromatic heterocycles. The lowest BCUT2D eigenvalue weighted by molar-refractivity contribution is 0.290. The van der Waals surface area contributed by atoms with Crippen LogP contribution in [0.4, 0.5) is 13.2 Å². The first kappa shape index (κ1) is 17.1. The molecule has 3 heteroatoms. The van der Waals surface area contributed by atoms with Crippen molar-refractivity contribution in [2.45, 2.75) is 58.3 Å². The number of rotatable bonds is 6. The second-order valence-electron chi connectivity index (χ2n) is 6.42. The molecule has 0 amide bonds. The SMILES string of the molecule is CCCCC[C@H]1CC[C@H](C=Cc2cc(F)c(F)cc2F)CC1. The minimum absolute atomic E-state index is 0.129. The minimum atomic E-state index is -1.14. The molecule has 122 valence electrons. The number of unbranched alkanes of at least 4 members (excludes halogenated alkanes) is 2. The van der Waals surface area contributed by atoms with E-state index in [0.29, 0.717) is 12.0 Å². The van der Waals surface area contributed by atoms with Gasteiger partial charge < -0.3 is 0 Å². The molecule has 1 aromatic carbocycles. The van der Waals surface area contributed by atoms with E-state index in [0.717, 1.165) is 24.8 Å². The summed E-state index contributed by atoms with van der Waals surface area (Å²) in [5.41, 5.74) is 0.129. The van der Waals surface area contributed by atoms with Gasteiger partial charge in [0.15, 0.2) is 11.6 Å². The maximum Gasteiger partial charge on any atom is 0.161 e. The smallest absolute Gasteiger partial charge is 0.161 e. The van der Waals surface area contributed by atoms with Gasteiger partial charge in [0.25, 0.3) is 0 Å². The second-order valence-corrected chi connectivity index (χ2v) is 6.42. The van der Waals surface area contributed by atoms with E-state index >= 15 is 0 Å². The highest BCUT2D eigenvalue weighted by atomic mass is 19.2. The maximum atomic E-state index is 13.6. The van der Waals surface area contributed by atoms with Crippen molar-refractivity contribution in [1.29, 1.82) is 0 Å². The lowest BCUT2D eigenvalue weighted by Gasteiger charge is -2.26. The molecule has 1 aliphatic rings. The van der Waals surface area contributed by atoms with Gasteiger partial charge in [0.05, 0.1) is 0 Å². The molecule has 22 heavy (non-hydrogen) atoms. The van der Waals surface area contributed by atoms with Crippen molar-refractivity contribution in [2.24, 2.45) is 11.8 Å². The fraction of sp³-hybridized carbons (Fsp3) is 0.579. The van der Waals surface area contributed by atoms with Crippen molar-refractivity contribution in [3.63, 3.8) is 0 Å². The molecule has 0 spiro atoms. The van der Waals surface area contributed by atoms with E-state index in [1.54, 1.807) is 6.08 Å². The molecule has 0 nitrogen and oxygen atoms in total. The summed E-state index contributed by atoms with van der Waals surface area (Å²) in [6, 6.07) is 1.54. The first-order valence-corrected chi connectivity index (χ1v) is 8.43. The zero-order valence-electron chi connectivity index (χ0n) is 13.3. The minimum Gasteiger partial charge on any atom is -0.206 e. The summed E-state index contributed by atoms with van der Waals surface area (Å²) < 4.78 is 39.6. The Morgan fingerprint density at radius 3 is 2.32 bits per heavy atom. The lowest BCUT2D eigenvalue weighted by atomic mass is 9.79. The van der Waals surface area contributed by atoms with Crippen molar-refractivity contribution >= 4 is 6.08 Å². The fourth-order valence-corrected chi connectivity index (χ4v) is 3.26. The summed E-state index contributed by atoms with van der Waals surface area (Å²) in [7, 11) is 0. The molecule has 1 aromatic rings. The molecular formula is C19H25F3. The Morgan fingerprint density at radius 2 is 1.64 bits per heavy atom. The monoisotopic (exact) mass is 310 g/mol. The fourth-order valence-electron chi connectivity index (χ4n) is 3.26. The summed E-state index contributed by atoms with van der Waals surface area (Å²) >= 11 is 0. The van der Waals surface area contributed by atoms with Gasteiger partial charge in [0.1, 0.15) is 5.82 Å². The Hall–Kier alpha value is -1.25. The molecule has 2 rings (SSSR count). The largest absolute Gasteiger partial charge is 0.206 e. The van der Waals surface area contributed by atoms with Gasteiger partial charge >= 0.3 is 0 Å². The van der Waals surface area contributed by atoms with Crippen molar-refractivity contribution in [3.8, 4) is 0 Å². The average molecular weight is 310 g/mol. The van der Waals surface area contributed by atoms with Gasteiger partial charge in [-0.15, -0.1) is 0 Å². The Labute approximate surface area is 131 Å². The molecule has 1 saturated carbocycles. The molecule has 0 N–H and O–H groups in total. The van der Waals surface area contributed by atoms with Crippen LogP contribution in [0.5, 0.6) is 0 Å². The predicted octanol–water partition coefficient (Wildman–Crippen LogP) is 6.50. The van der Waals surface area contributed by atoms with E-state index in [1.807, 2.05) is 6.08 Å². The third kappa shape index (κ3) is 4.89. The summed E-state index contributed by atoms with van der Waals surface area (Å²) in [5.74, 6) is -1.59. The van der Waals surface area contributed by atoms with Gasteiger partial charge in [-0.3, -0.25) is 0 Å². The Balaban J connectivity index is 1.84. The van der Waals surface area contributed by atoms with Crippen molar-refractivity contribution < 1.29 is 13.2 Å². The van der Waals surface area contributed by atoms with Crippen LogP contribution in [0.15, 0.2) is 18.2 Å². The zero-order chi connectivity index (χ0) is 15.9. The summed E-state index contributed by atoms with van der Waals surface area (Å²) in [5, 5.41) is 0. The van der Waals surface area contributed by atoms with Gasteiger partial charge in [0.2, 0.25) is 0 Å². The third-order valence-corrected chi connectivity index (χ3v) is 4.69. The first-order valence-electron chi connectivity index (χ1n) is 8.43. The van der Waals surface area contributed by atoms with Gasteiger partial charge in [-0.2, -0.15) is 0 Å². The summed E-state index contributed by atoms with van der Waals surface area (Å²) in [4.78, 5) is 0. The molecular weight excluding hydrogens is 285 g/mol. The van der Waals surface area contributed by atoms with Crippen LogP contribution in [0.1, 0.15) is 63.9 Å². The molecule has 0 atom stereocenters. The van der Waals surface area contributed by atoms with Crippen molar-refractivity contribution in [1.82, 2.24) is 0 Å². The standard InChI is InChI=1S/C19H25F3/c1-2-3-4-5-14-6-8-15(9-7-14)10-11-16-12-18(21)19(22)13-17(16)20/h10-15H,2-9H2,1H3/t14-,15-. The van der Waals surface area contributed by atoms with Crippen LogP contribution in [0.25, 0.3) is 6.08 Å². The van der Waals surface area contributed by atoms with Crippen LogP contribution in [0.3, 0.4) is 0 Å². The van der Waals surface area contributed by atoms with E-state index in [-0.39, 0.29) is 5.56 Å². The van der Waals surface area contributed by atoms with E-state index in [9.17, 15) is 13.2 Å². The number of allylic oxidation sites excluding steroid dienone is 1. The van der Waals surface area contributed by atoms with E-state index < -0.39 is 17.5 Å². The molecule has 0 unspecified atom stereocenters. The maximum absolute atomic E-state index is 13.6. The average Bonchev–Trinajstić information content (AvgIpc) is 2.51. The highest BCUT2D eigenvalue weighted by Crippen LogP contribution is 2.33. The predicted molar refractivity (Wildman–Crippen MR) is 84.9 cm³/mol. The van der Waals surface area contributed by atoms with E-state index in [2.05, 4.69) is 6.92 Å². The molecule has 1 fully saturated rings. The van der Waals surface area contributed by atoms with Crippen LogP contribution in [0.2, 0.25) is 0 Å². The van der Waals surface area contributed by atoms with Gasteiger partial charge in [0, 0.05) is 11.6 Å². The highest BCUT2D eigenvalue weighted by molar-refractivity contribution is 5.50. The van der Waals surface area contributed by atoms with Crippen molar-refractivity contribution in [3.05, 3.63) is 41.2 Å². The molecule has 0 bridgehead atoms. The number of benzene rings is 1. The Kier molecular flexibility index (Phi) is 6.53. The number of hydrogen-bond donors (Lipinski definition) is 0. The number of hydrogen-bond acceptors (Lipinski definition) is 0. The summed E-state index contributed by atoms with van der Waals surface area (Å²) in [6.07, 6.45) is 13.4. The molecule has 0 heterocycles. The zero-order valence-corrected chi connectivity index (χ0v) is 13.3. The van der Waals surface area contributed by atoms with E-state index in [1.165, 1.54) is 38.5 Å². The molecule has 0 aliphatic heterocycles. The van der Waals surface area contributed by atoms with E-state index in [4.69, 9.17) is 0 Å². The normalized spacial score (nSPS) is 22.4. The number of halogens is 3. The van der Waals surface area contributed by atoms with Crippen LogP contribution in [-0.2, 0) is 0 Å².